The monoisotopic (exact) mass is 426 g/mol. The highest BCUT2D eigenvalue weighted by atomic mass is 19.1. The van der Waals surface area contributed by atoms with E-state index in [4.69, 9.17) is 0 Å². The number of nitrogens with one attached hydrogen (secondary N) is 2. The molecule has 166 valence electrons. The molecule has 2 amide bonds. The molecule has 1 fully saturated rings. The molecular formula is C24H31FN4O2. The van der Waals surface area contributed by atoms with Crippen molar-refractivity contribution in [3.05, 3.63) is 58.9 Å². The summed E-state index contributed by atoms with van der Waals surface area (Å²) in [5.74, 6) is -0.478. The predicted octanol–water partition coefficient (Wildman–Crippen LogP) is 3.33. The summed E-state index contributed by atoms with van der Waals surface area (Å²) in [5, 5.41) is 5.88. The number of amides is 2. The van der Waals surface area contributed by atoms with E-state index in [0.717, 1.165) is 16.8 Å². The molecule has 0 bridgehead atoms. The summed E-state index contributed by atoms with van der Waals surface area (Å²) in [4.78, 5) is 29.3. The van der Waals surface area contributed by atoms with E-state index in [0.29, 0.717) is 31.9 Å². The molecule has 0 spiro atoms. The Morgan fingerprint density at radius 2 is 1.55 bits per heavy atom. The molecule has 1 aliphatic rings. The smallest absolute Gasteiger partial charge is 0.241 e. The molecule has 2 aromatic rings. The van der Waals surface area contributed by atoms with Gasteiger partial charge >= 0.3 is 0 Å². The summed E-state index contributed by atoms with van der Waals surface area (Å²) < 4.78 is 13.0. The number of aryl methyl sites for hydroxylation is 3. The Balaban J connectivity index is 1.48. The lowest BCUT2D eigenvalue weighted by molar-refractivity contribution is -0.122. The molecule has 0 aliphatic carbocycles. The summed E-state index contributed by atoms with van der Waals surface area (Å²) in [6.45, 7) is 11.1. The van der Waals surface area contributed by atoms with Gasteiger partial charge in [-0.3, -0.25) is 19.4 Å². The molecule has 2 aromatic carbocycles. The number of hydrogen-bond acceptors (Lipinski definition) is 4. The number of carbonyl (C=O) groups excluding carboxylic acids is 2. The van der Waals surface area contributed by atoms with Gasteiger partial charge in [-0.2, -0.15) is 0 Å². The van der Waals surface area contributed by atoms with Gasteiger partial charge in [0.15, 0.2) is 0 Å². The van der Waals surface area contributed by atoms with Crippen molar-refractivity contribution >= 4 is 23.2 Å². The maximum absolute atomic E-state index is 13.0. The molecule has 7 heteroatoms. The Labute approximate surface area is 183 Å². The topological polar surface area (TPSA) is 64.7 Å². The van der Waals surface area contributed by atoms with Crippen molar-refractivity contribution in [2.75, 3.05) is 43.4 Å². The van der Waals surface area contributed by atoms with Crippen LogP contribution in [0.1, 0.15) is 23.6 Å². The van der Waals surface area contributed by atoms with Crippen LogP contribution in [0, 0.1) is 26.6 Å². The summed E-state index contributed by atoms with van der Waals surface area (Å²) in [7, 11) is 0. The highest BCUT2D eigenvalue weighted by Gasteiger charge is 2.27. The zero-order valence-corrected chi connectivity index (χ0v) is 18.7. The predicted molar refractivity (Wildman–Crippen MR) is 122 cm³/mol. The van der Waals surface area contributed by atoms with Crippen LogP contribution in [0.2, 0.25) is 0 Å². The highest BCUT2D eigenvalue weighted by Crippen LogP contribution is 2.22. The molecule has 0 radical (unpaired) electrons. The van der Waals surface area contributed by atoms with Gasteiger partial charge in [-0.1, -0.05) is 17.7 Å². The first-order valence-corrected chi connectivity index (χ1v) is 10.6. The Kier molecular flexibility index (Phi) is 7.41. The van der Waals surface area contributed by atoms with Gasteiger partial charge in [-0.25, -0.2) is 4.39 Å². The van der Waals surface area contributed by atoms with Crippen molar-refractivity contribution in [1.29, 1.82) is 0 Å². The van der Waals surface area contributed by atoms with Crippen molar-refractivity contribution in [1.82, 2.24) is 9.80 Å². The molecule has 1 saturated heterocycles. The molecule has 3 rings (SSSR count). The fraction of sp³-hybridized carbons (Fsp3) is 0.417. The van der Waals surface area contributed by atoms with Gasteiger partial charge in [0.2, 0.25) is 11.8 Å². The summed E-state index contributed by atoms with van der Waals surface area (Å²) in [5.41, 5.74) is 4.78. The van der Waals surface area contributed by atoms with Crippen LogP contribution in [0.5, 0.6) is 0 Å². The van der Waals surface area contributed by atoms with Crippen LogP contribution in [0.25, 0.3) is 0 Å². The van der Waals surface area contributed by atoms with E-state index < -0.39 is 0 Å². The standard InChI is InChI=1S/C24H31FN4O2/c1-16-13-17(2)23(18(3)14-16)27-24(31)19(4)29-11-9-28(10-12-29)15-22(30)26-21-7-5-20(25)6-8-21/h5-8,13-14,19H,9-12,15H2,1-4H3,(H,26,30)(H,27,31)/t19-/m0/s1. The molecule has 1 heterocycles. The number of carbonyl (C=O) groups is 2. The van der Waals surface area contributed by atoms with Gasteiger partial charge in [0.1, 0.15) is 5.82 Å². The van der Waals surface area contributed by atoms with Crippen molar-refractivity contribution in [3.8, 4) is 0 Å². The molecule has 0 saturated carbocycles. The fourth-order valence-corrected chi connectivity index (χ4v) is 4.02. The fourth-order valence-electron chi connectivity index (χ4n) is 4.02. The lowest BCUT2D eigenvalue weighted by Crippen LogP contribution is -2.53. The second-order valence-corrected chi connectivity index (χ2v) is 8.31. The van der Waals surface area contributed by atoms with E-state index in [1.807, 2.05) is 27.7 Å². The van der Waals surface area contributed by atoms with E-state index in [9.17, 15) is 14.0 Å². The molecule has 1 aliphatic heterocycles. The number of benzene rings is 2. The van der Waals surface area contributed by atoms with Crippen LogP contribution in [0.4, 0.5) is 15.8 Å². The minimum Gasteiger partial charge on any atom is -0.325 e. The first-order valence-electron chi connectivity index (χ1n) is 10.6. The zero-order chi connectivity index (χ0) is 22.5. The van der Waals surface area contributed by atoms with E-state index in [1.165, 1.54) is 17.7 Å². The van der Waals surface area contributed by atoms with Crippen LogP contribution in [-0.4, -0.2) is 60.4 Å². The maximum atomic E-state index is 13.0. The van der Waals surface area contributed by atoms with E-state index >= 15 is 0 Å². The van der Waals surface area contributed by atoms with Gasteiger partial charge in [0, 0.05) is 37.6 Å². The van der Waals surface area contributed by atoms with Crippen LogP contribution < -0.4 is 10.6 Å². The second-order valence-electron chi connectivity index (χ2n) is 8.31. The van der Waals surface area contributed by atoms with Gasteiger partial charge in [0.05, 0.1) is 12.6 Å². The number of hydrogen-bond donors (Lipinski definition) is 2. The molecular weight excluding hydrogens is 395 g/mol. The Morgan fingerprint density at radius 1 is 0.968 bits per heavy atom. The average Bonchev–Trinajstić information content (AvgIpc) is 2.72. The Hall–Kier alpha value is -2.77. The third-order valence-corrected chi connectivity index (χ3v) is 5.75. The molecule has 6 nitrogen and oxygen atoms in total. The van der Waals surface area contributed by atoms with Crippen LogP contribution in [0.15, 0.2) is 36.4 Å². The molecule has 2 N–H and O–H groups in total. The van der Waals surface area contributed by atoms with Gasteiger partial charge in [-0.15, -0.1) is 0 Å². The molecule has 0 aromatic heterocycles. The number of anilines is 2. The highest BCUT2D eigenvalue weighted by molar-refractivity contribution is 5.96. The lowest BCUT2D eigenvalue weighted by atomic mass is 10.0. The zero-order valence-electron chi connectivity index (χ0n) is 18.7. The van der Waals surface area contributed by atoms with Gasteiger partial charge < -0.3 is 10.6 Å². The van der Waals surface area contributed by atoms with E-state index in [-0.39, 0.29) is 30.2 Å². The largest absolute Gasteiger partial charge is 0.325 e. The van der Waals surface area contributed by atoms with Crippen molar-refractivity contribution in [2.45, 2.75) is 33.7 Å². The minimum atomic E-state index is -0.333. The first-order chi connectivity index (χ1) is 14.7. The normalized spacial score (nSPS) is 16.0. The quantitative estimate of drug-likeness (QED) is 0.744. The average molecular weight is 427 g/mol. The maximum Gasteiger partial charge on any atom is 0.241 e. The first kappa shape index (κ1) is 22.9. The van der Waals surface area contributed by atoms with E-state index in [2.05, 4.69) is 32.6 Å². The molecule has 1 atom stereocenters. The molecule has 31 heavy (non-hydrogen) atoms. The van der Waals surface area contributed by atoms with E-state index in [1.54, 1.807) is 12.1 Å². The lowest BCUT2D eigenvalue weighted by Gasteiger charge is -2.37. The number of nitrogens with zero attached hydrogens (tertiary/aromatic N) is 2. The summed E-state index contributed by atoms with van der Waals surface area (Å²) in [6.07, 6.45) is 0. The van der Waals surface area contributed by atoms with Gasteiger partial charge in [-0.05, 0) is 63.1 Å². The number of halogens is 1. The van der Waals surface area contributed by atoms with Crippen molar-refractivity contribution < 1.29 is 14.0 Å². The SMILES string of the molecule is Cc1cc(C)c(NC(=O)[C@H](C)N2CCN(CC(=O)Nc3ccc(F)cc3)CC2)c(C)c1. The van der Waals surface area contributed by atoms with Crippen molar-refractivity contribution in [2.24, 2.45) is 0 Å². The third-order valence-electron chi connectivity index (χ3n) is 5.75. The minimum absolute atomic E-state index is 0.0162. The number of rotatable bonds is 6. The Bertz CT molecular complexity index is 914. The van der Waals surface area contributed by atoms with Crippen LogP contribution in [-0.2, 0) is 9.59 Å². The van der Waals surface area contributed by atoms with Crippen molar-refractivity contribution in [3.63, 3.8) is 0 Å². The van der Waals surface area contributed by atoms with Gasteiger partial charge in [0.25, 0.3) is 0 Å². The van der Waals surface area contributed by atoms with Crippen LogP contribution in [0.3, 0.4) is 0 Å². The summed E-state index contributed by atoms with van der Waals surface area (Å²) in [6, 6.07) is 9.62. The van der Waals surface area contributed by atoms with Crippen LogP contribution >= 0.6 is 0 Å². The third kappa shape index (κ3) is 6.12. The summed E-state index contributed by atoms with van der Waals surface area (Å²) >= 11 is 0. The Morgan fingerprint density at radius 3 is 2.13 bits per heavy atom. The number of piperazine rings is 1. The molecule has 0 unspecified atom stereocenters. The second kappa shape index (κ2) is 10.0.